The topological polar surface area (TPSA) is 55.8 Å². The molecule has 0 aromatic heterocycles. The first-order chi connectivity index (χ1) is 6.57. The molecule has 0 spiro atoms. The Balaban J connectivity index is 2.50. The molecule has 0 bridgehead atoms. The molecule has 1 atom stereocenters. The van der Waals surface area contributed by atoms with Crippen LogP contribution in [-0.4, -0.2) is 37.5 Å². The number of carboxylic acid groups (broad SMARTS) is 1. The number of ether oxygens (including phenoxy) is 2. The van der Waals surface area contributed by atoms with E-state index in [1.807, 2.05) is 0 Å². The van der Waals surface area contributed by atoms with Gasteiger partial charge in [-0.15, -0.1) is 0 Å². The van der Waals surface area contributed by atoms with Gasteiger partial charge in [-0.1, -0.05) is 6.92 Å². The quantitative estimate of drug-likeness (QED) is 0.746. The molecule has 1 rings (SSSR count). The fourth-order valence-corrected chi connectivity index (χ4v) is 1.79. The molecule has 14 heavy (non-hydrogen) atoms. The molecule has 0 radical (unpaired) electrons. The number of methoxy groups -OCH3 is 1. The molecule has 0 aromatic carbocycles. The van der Waals surface area contributed by atoms with E-state index in [-0.39, 0.29) is 5.41 Å². The second-order valence-electron chi connectivity index (χ2n) is 4.19. The van der Waals surface area contributed by atoms with Crippen LogP contribution in [-0.2, 0) is 14.3 Å². The molecule has 1 fully saturated rings. The minimum absolute atomic E-state index is 0.0529. The molecule has 1 aliphatic heterocycles. The number of aliphatic carboxylic acids is 1. The first kappa shape index (κ1) is 11.5. The zero-order chi connectivity index (χ0) is 10.6. The lowest BCUT2D eigenvalue weighted by atomic mass is 9.77. The van der Waals surface area contributed by atoms with E-state index in [0.29, 0.717) is 6.42 Å². The Morgan fingerprint density at radius 1 is 1.57 bits per heavy atom. The molecule has 0 amide bonds. The molecule has 1 heterocycles. The van der Waals surface area contributed by atoms with E-state index in [2.05, 4.69) is 6.92 Å². The monoisotopic (exact) mass is 202 g/mol. The third-order valence-electron chi connectivity index (χ3n) is 2.94. The SMILES string of the molecule is COC(CC1(C)CCOCC1)C(=O)O. The summed E-state index contributed by atoms with van der Waals surface area (Å²) in [4.78, 5) is 10.8. The molecule has 0 saturated carbocycles. The van der Waals surface area contributed by atoms with Gasteiger partial charge in [-0.2, -0.15) is 0 Å². The summed E-state index contributed by atoms with van der Waals surface area (Å²) in [6.45, 7) is 3.56. The number of rotatable bonds is 4. The van der Waals surface area contributed by atoms with Crippen molar-refractivity contribution in [2.45, 2.75) is 32.3 Å². The molecule has 1 N–H and O–H groups in total. The molecule has 0 aromatic rings. The van der Waals surface area contributed by atoms with Crippen molar-refractivity contribution < 1.29 is 19.4 Å². The van der Waals surface area contributed by atoms with Crippen LogP contribution in [0.25, 0.3) is 0 Å². The van der Waals surface area contributed by atoms with E-state index in [4.69, 9.17) is 14.6 Å². The number of hydrogen-bond donors (Lipinski definition) is 1. The van der Waals surface area contributed by atoms with Gasteiger partial charge in [-0.3, -0.25) is 0 Å². The lowest BCUT2D eigenvalue weighted by Gasteiger charge is -2.34. The molecule has 1 unspecified atom stereocenters. The van der Waals surface area contributed by atoms with Crippen LogP contribution in [0.2, 0.25) is 0 Å². The third kappa shape index (κ3) is 2.96. The zero-order valence-corrected chi connectivity index (χ0v) is 8.78. The van der Waals surface area contributed by atoms with Crippen LogP contribution < -0.4 is 0 Å². The third-order valence-corrected chi connectivity index (χ3v) is 2.94. The second kappa shape index (κ2) is 4.75. The summed E-state index contributed by atoms with van der Waals surface area (Å²) >= 11 is 0. The zero-order valence-electron chi connectivity index (χ0n) is 8.78. The van der Waals surface area contributed by atoms with Crippen molar-refractivity contribution in [1.82, 2.24) is 0 Å². The van der Waals surface area contributed by atoms with E-state index < -0.39 is 12.1 Å². The Bertz CT molecular complexity index is 196. The minimum atomic E-state index is -0.875. The predicted octanol–water partition coefficient (Wildman–Crippen LogP) is 1.29. The smallest absolute Gasteiger partial charge is 0.332 e. The molecule has 4 nitrogen and oxygen atoms in total. The summed E-state index contributed by atoms with van der Waals surface area (Å²) in [7, 11) is 1.45. The lowest BCUT2D eigenvalue weighted by molar-refractivity contribution is -0.151. The van der Waals surface area contributed by atoms with Crippen molar-refractivity contribution in [3.05, 3.63) is 0 Å². The average Bonchev–Trinajstić information content (AvgIpc) is 2.15. The van der Waals surface area contributed by atoms with E-state index in [9.17, 15) is 4.79 Å². The van der Waals surface area contributed by atoms with Gasteiger partial charge in [0, 0.05) is 20.3 Å². The van der Waals surface area contributed by atoms with Gasteiger partial charge >= 0.3 is 5.97 Å². The van der Waals surface area contributed by atoms with Crippen molar-refractivity contribution >= 4 is 5.97 Å². The van der Waals surface area contributed by atoms with Crippen LogP contribution in [0.4, 0.5) is 0 Å². The van der Waals surface area contributed by atoms with Gasteiger partial charge in [0.15, 0.2) is 6.10 Å². The van der Waals surface area contributed by atoms with E-state index >= 15 is 0 Å². The molecular formula is C10H18O4. The van der Waals surface area contributed by atoms with Crippen molar-refractivity contribution in [1.29, 1.82) is 0 Å². The van der Waals surface area contributed by atoms with Crippen molar-refractivity contribution in [2.24, 2.45) is 5.41 Å². The standard InChI is InChI=1S/C10H18O4/c1-10(3-5-14-6-4-10)7-8(13-2)9(11)12/h8H,3-7H2,1-2H3,(H,11,12). The maximum Gasteiger partial charge on any atom is 0.332 e. The average molecular weight is 202 g/mol. The van der Waals surface area contributed by atoms with Gasteiger partial charge in [0.25, 0.3) is 0 Å². The Labute approximate surface area is 84.2 Å². The maximum absolute atomic E-state index is 10.8. The van der Waals surface area contributed by atoms with Crippen LogP contribution in [0.15, 0.2) is 0 Å². The molecule has 1 aliphatic rings. The molecule has 4 heteroatoms. The molecule has 1 saturated heterocycles. The van der Waals surface area contributed by atoms with Gasteiger partial charge in [0.2, 0.25) is 0 Å². The van der Waals surface area contributed by atoms with Crippen LogP contribution in [0.1, 0.15) is 26.2 Å². The van der Waals surface area contributed by atoms with Crippen LogP contribution in [0.5, 0.6) is 0 Å². The van der Waals surface area contributed by atoms with Gasteiger partial charge in [-0.05, 0) is 24.7 Å². The van der Waals surface area contributed by atoms with Crippen LogP contribution in [0, 0.1) is 5.41 Å². The largest absolute Gasteiger partial charge is 0.479 e. The summed E-state index contributed by atoms with van der Waals surface area (Å²) in [6, 6.07) is 0. The first-order valence-corrected chi connectivity index (χ1v) is 4.91. The maximum atomic E-state index is 10.8. The first-order valence-electron chi connectivity index (χ1n) is 4.91. The highest BCUT2D eigenvalue weighted by Gasteiger charge is 2.33. The highest BCUT2D eigenvalue weighted by atomic mass is 16.5. The molecular weight excluding hydrogens is 184 g/mol. The van der Waals surface area contributed by atoms with Gasteiger partial charge in [0.1, 0.15) is 0 Å². The van der Waals surface area contributed by atoms with E-state index in [1.165, 1.54) is 7.11 Å². The summed E-state index contributed by atoms with van der Waals surface area (Å²) in [5, 5.41) is 8.86. The normalized spacial score (nSPS) is 23.0. The summed E-state index contributed by atoms with van der Waals surface area (Å²) in [5.41, 5.74) is 0.0529. The lowest BCUT2D eigenvalue weighted by Crippen LogP contribution is -2.34. The Morgan fingerprint density at radius 2 is 2.14 bits per heavy atom. The minimum Gasteiger partial charge on any atom is -0.479 e. The number of carboxylic acids is 1. The van der Waals surface area contributed by atoms with Crippen LogP contribution in [0.3, 0.4) is 0 Å². The summed E-state index contributed by atoms with van der Waals surface area (Å²) in [5.74, 6) is -0.875. The second-order valence-corrected chi connectivity index (χ2v) is 4.19. The van der Waals surface area contributed by atoms with Crippen molar-refractivity contribution in [3.8, 4) is 0 Å². The highest BCUT2D eigenvalue weighted by molar-refractivity contribution is 5.72. The Kier molecular flexibility index (Phi) is 3.89. The number of carbonyl (C=O) groups is 1. The summed E-state index contributed by atoms with van der Waals surface area (Å²) in [6.07, 6.45) is 1.72. The van der Waals surface area contributed by atoms with Crippen LogP contribution >= 0.6 is 0 Å². The van der Waals surface area contributed by atoms with Gasteiger partial charge in [-0.25, -0.2) is 4.79 Å². The Hall–Kier alpha value is -0.610. The molecule has 82 valence electrons. The summed E-state index contributed by atoms with van der Waals surface area (Å²) < 4.78 is 10.2. The number of hydrogen-bond acceptors (Lipinski definition) is 3. The fraction of sp³-hybridized carbons (Fsp3) is 0.900. The van der Waals surface area contributed by atoms with E-state index in [1.54, 1.807) is 0 Å². The predicted molar refractivity (Wildman–Crippen MR) is 51.2 cm³/mol. The van der Waals surface area contributed by atoms with E-state index in [0.717, 1.165) is 26.1 Å². The van der Waals surface area contributed by atoms with Gasteiger partial charge < -0.3 is 14.6 Å². The fourth-order valence-electron chi connectivity index (χ4n) is 1.79. The van der Waals surface area contributed by atoms with Crippen molar-refractivity contribution in [3.63, 3.8) is 0 Å². The highest BCUT2D eigenvalue weighted by Crippen LogP contribution is 2.35. The van der Waals surface area contributed by atoms with Gasteiger partial charge in [0.05, 0.1) is 0 Å². The van der Waals surface area contributed by atoms with Crippen molar-refractivity contribution in [2.75, 3.05) is 20.3 Å². The molecule has 0 aliphatic carbocycles. The Morgan fingerprint density at radius 3 is 2.57 bits per heavy atom.